The van der Waals surface area contributed by atoms with E-state index in [0.29, 0.717) is 12.1 Å². The van der Waals surface area contributed by atoms with Crippen molar-refractivity contribution in [1.82, 2.24) is 0 Å². The van der Waals surface area contributed by atoms with Gasteiger partial charge in [-0.05, 0) is 0 Å². The van der Waals surface area contributed by atoms with E-state index in [0.717, 1.165) is 7.11 Å². The molecule has 1 aromatic carbocycles. The first-order valence-electron chi connectivity index (χ1n) is 3.42. The molecule has 2 N–H and O–H groups in total. The van der Waals surface area contributed by atoms with Crippen LogP contribution in [0.3, 0.4) is 0 Å². The molecule has 0 bridgehead atoms. The zero-order valence-electron chi connectivity index (χ0n) is 7.12. The first kappa shape index (κ1) is 10.9. The fourth-order valence-corrected chi connectivity index (χ4v) is 1.49. The molecule has 0 aliphatic carbocycles. The Kier molecular flexibility index (Phi) is 2.72. The molecule has 0 fully saturated rings. The van der Waals surface area contributed by atoms with Crippen LogP contribution in [0.15, 0.2) is 17.0 Å². The number of hydrogen-bond acceptors (Lipinski definition) is 3. The summed E-state index contributed by atoms with van der Waals surface area (Å²) in [5, 5.41) is 4.69. The Morgan fingerprint density at radius 1 is 1.29 bits per heavy atom. The van der Waals surface area contributed by atoms with E-state index in [1.807, 2.05) is 0 Å². The van der Waals surface area contributed by atoms with E-state index in [1.165, 1.54) is 0 Å². The highest BCUT2D eigenvalue weighted by Crippen LogP contribution is 2.23. The Labute approximate surface area is 79.3 Å². The quantitative estimate of drug-likeness (QED) is 0.799. The molecule has 0 spiro atoms. The molecule has 0 unspecified atom stereocenters. The summed E-state index contributed by atoms with van der Waals surface area (Å²) in [7, 11) is -3.08. The molecule has 0 atom stereocenters. The lowest BCUT2D eigenvalue weighted by Gasteiger charge is -2.05. The number of benzene rings is 1. The molecule has 0 aliphatic rings. The van der Waals surface area contributed by atoms with Gasteiger partial charge in [-0.25, -0.2) is 22.3 Å². The summed E-state index contributed by atoms with van der Waals surface area (Å²) >= 11 is 0. The van der Waals surface area contributed by atoms with Crippen LogP contribution in [0.5, 0.6) is 5.75 Å². The van der Waals surface area contributed by atoms with Gasteiger partial charge in [-0.1, -0.05) is 0 Å². The summed E-state index contributed by atoms with van der Waals surface area (Å²) in [5.74, 6) is -2.61. The van der Waals surface area contributed by atoms with Gasteiger partial charge >= 0.3 is 0 Å². The van der Waals surface area contributed by atoms with Crippen molar-refractivity contribution in [3.63, 3.8) is 0 Å². The molecule has 0 heterocycles. The second-order valence-electron chi connectivity index (χ2n) is 2.46. The Morgan fingerprint density at radius 2 is 1.86 bits per heavy atom. The normalized spacial score (nSPS) is 11.4. The molecular weight excluding hydrogens is 216 g/mol. The Morgan fingerprint density at radius 3 is 2.29 bits per heavy atom. The molecule has 0 radical (unpaired) electrons. The van der Waals surface area contributed by atoms with E-state index >= 15 is 0 Å². The Bertz CT molecular complexity index is 458. The van der Waals surface area contributed by atoms with E-state index < -0.39 is 26.6 Å². The van der Waals surface area contributed by atoms with E-state index in [9.17, 15) is 17.2 Å². The summed E-state index contributed by atoms with van der Waals surface area (Å²) in [6, 6.07) is 1.10. The average Bonchev–Trinajstić information content (AvgIpc) is 2.02. The number of primary sulfonamides is 1. The Balaban J connectivity index is 3.47. The predicted molar refractivity (Wildman–Crippen MR) is 44.3 cm³/mol. The zero-order valence-corrected chi connectivity index (χ0v) is 7.94. The summed E-state index contributed by atoms with van der Waals surface area (Å²) in [5.41, 5.74) is 0. The minimum absolute atomic E-state index is 0.379. The van der Waals surface area contributed by atoms with Gasteiger partial charge in [0.1, 0.15) is 10.7 Å². The summed E-state index contributed by atoms with van der Waals surface area (Å²) in [6.45, 7) is 0. The summed E-state index contributed by atoms with van der Waals surface area (Å²) in [6.07, 6.45) is 0. The fourth-order valence-electron chi connectivity index (χ4n) is 0.885. The van der Waals surface area contributed by atoms with Crippen molar-refractivity contribution in [3.8, 4) is 5.75 Å². The third kappa shape index (κ3) is 1.99. The largest absolute Gasteiger partial charge is 0.494 e. The minimum atomic E-state index is -4.20. The highest BCUT2D eigenvalue weighted by atomic mass is 32.2. The van der Waals surface area contributed by atoms with Gasteiger partial charge in [-0.3, -0.25) is 0 Å². The summed E-state index contributed by atoms with van der Waals surface area (Å²) in [4.78, 5) is -0.796. The van der Waals surface area contributed by atoms with Gasteiger partial charge in [-0.2, -0.15) is 0 Å². The third-order valence-electron chi connectivity index (χ3n) is 1.51. The average molecular weight is 223 g/mol. The monoisotopic (exact) mass is 223 g/mol. The number of methoxy groups -OCH3 is 1. The van der Waals surface area contributed by atoms with Crippen molar-refractivity contribution in [3.05, 3.63) is 23.8 Å². The maximum atomic E-state index is 12.9. The van der Waals surface area contributed by atoms with Crippen molar-refractivity contribution in [1.29, 1.82) is 0 Å². The molecule has 0 saturated carbocycles. The van der Waals surface area contributed by atoms with Gasteiger partial charge < -0.3 is 4.74 Å². The lowest BCUT2D eigenvalue weighted by Crippen LogP contribution is -2.14. The van der Waals surface area contributed by atoms with Crippen LogP contribution in [0.2, 0.25) is 0 Å². The molecule has 14 heavy (non-hydrogen) atoms. The van der Waals surface area contributed by atoms with Crippen LogP contribution in [0.4, 0.5) is 8.78 Å². The van der Waals surface area contributed by atoms with Crippen LogP contribution in [0, 0.1) is 11.6 Å². The molecule has 0 aromatic heterocycles. The molecule has 0 aliphatic heterocycles. The predicted octanol–water partition coefficient (Wildman–Crippen LogP) is 0.621. The number of rotatable bonds is 2. The first-order valence-corrected chi connectivity index (χ1v) is 4.96. The van der Waals surface area contributed by atoms with E-state index in [4.69, 9.17) is 0 Å². The van der Waals surface area contributed by atoms with Crippen molar-refractivity contribution < 1.29 is 21.9 Å². The number of sulfonamides is 1. The molecule has 78 valence electrons. The molecule has 4 nitrogen and oxygen atoms in total. The SMILES string of the molecule is COc1cc(S(N)(=O)=O)c(F)cc1F. The van der Waals surface area contributed by atoms with Crippen molar-refractivity contribution >= 4 is 10.0 Å². The maximum Gasteiger partial charge on any atom is 0.241 e. The van der Waals surface area contributed by atoms with Crippen LogP contribution in [0.25, 0.3) is 0 Å². The second-order valence-corrected chi connectivity index (χ2v) is 3.99. The first-order chi connectivity index (χ1) is 6.36. The topological polar surface area (TPSA) is 69.4 Å². The number of nitrogens with two attached hydrogens (primary N) is 1. The highest BCUT2D eigenvalue weighted by molar-refractivity contribution is 7.89. The fraction of sp³-hybridized carbons (Fsp3) is 0.143. The zero-order chi connectivity index (χ0) is 10.9. The summed E-state index contributed by atoms with van der Waals surface area (Å²) < 4.78 is 51.8. The van der Waals surface area contributed by atoms with Crippen LogP contribution in [-0.4, -0.2) is 15.5 Å². The van der Waals surface area contributed by atoms with Gasteiger partial charge in [0.25, 0.3) is 0 Å². The van der Waals surface area contributed by atoms with E-state index in [2.05, 4.69) is 9.88 Å². The van der Waals surface area contributed by atoms with Crippen LogP contribution in [-0.2, 0) is 10.0 Å². The second kappa shape index (κ2) is 3.50. The third-order valence-corrected chi connectivity index (χ3v) is 2.44. The number of ether oxygens (including phenoxy) is 1. The smallest absolute Gasteiger partial charge is 0.241 e. The number of halogens is 2. The highest BCUT2D eigenvalue weighted by Gasteiger charge is 2.18. The lowest BCUT2D eigenvalue weighted by molar-refractivity contribution is 0.381. The van der Waals surface area contributed by atoms with Gasteiger partial charge in [-0.15, -0.1) is 0 Å². The molecule has 0 amide bonds. The van der Waals surface area contributed by atoms with Crippen molar-refractivity contribution in [2.45, 2.75) is 4.90 Å². The molecular formula is C7H7F2NO3S. The lowest BCUT2D eigenvalue weighted by atomic mass is 10.3. The molecule has 1 rings (SSSR count). The minimum Gasteiger partial charge on any atom is -0.494 e. The van der Waals surface area contributed by atoms with Gasteiger partial charge in [0.15, 0.2) is 11.6 Å². The van der Waals surface area contributed by atoms with Crippen LogP contribution >= 0.6 is 0 Å². The van der Waals surface area contributed by atoms with Crippen molar-refractivity contribution in [2.75, 3.05) is 7.11 Å². The molecule has 0 saturated heterocycles. The van der Waals surface area contributed by atoms with Crippen LogP contribution < -0.4 is 9.88 Å². The number of hydrogen-bond donors (Lipinski definition) is 1. The molecule has 1 aromatic rings. The van der Waals surface area contributed by atoms with Crippen molar-refractivity contribution in [2.24, 2.45) is 5.14 Å². The maximum absolute atomic E-state index is 12.9. The Hall–Kier alpha value is -1.21. The van der Waals surface area contributed by atoms with Gasteiger partial charge in [0.2, 0.25) is 10.0 Å². The van der Waals surface area contributed by atoms with Gasteiger partial charge in [0, 0.05) is 12.1 Å². The van der Waals surface area contributed by atoms with Crippen LogP contribution in [0.1, 0.15) is 0 Å². The van der Waals surface area contributed by atoms with E-state index in [1.54, 1.807) is 0 Å². The van der Waals surface area contributed by atoms with Gasteiger partial charge in [0.05, 0.1) is 7.11 Å². The molecule has 7 heteroatoms. The standard InChI is InChI=1S/C7H7F2NO3S/c1-13-6-3-7(14(10,11)12)5(9)2-4(6)8/h2-3H,1H3,(H2,10,11,12). The van der Waals surface area contributed by atoms with E-state index in [-0.39, 0.29) is 5.75 Å².